The van der Waals surface area contributed by atoms with Crippen molar-refractivity contribution in [1.29, 1.82) is 0 Å². The van der Waals surface area contributed by atoms with Crippen molar-refractivity contribution in [3.63, 3.8) is 0 Å². The van der Waals surface area contributed by atoms with Crippen LogP contribution in [0.25, 0.3) is 0 Å². The van der Waals surface area contributed by atoms with Gasteiger partial charge in [-0.15, -0.1) is 0 Å². The maximum absolute atomic E-state index is 12.4. The highest BCUT2D eigenvalue weighted by Gasteiger charge is 2.41. The molecular weight excluding hydrogens is 300 g/mol. The summed E-state index contributed by atoms with van der Waals surface area (Å²) in [6.45, 7) is 23.1. The molecule has 0 bridgehead atoms. The maximum Gasteiger partial charge on any atom is 0.410 e. The van der Waals surface area contributed by atoms with Gasteiger partial charge in [0, 0.05) is 24.7 Å². The standard InChI is InChI=1S/C20H40N2O2/c1-17(2,3)13-20(9,10)21-15-11-12-22(14-19(15,7)8)16(23)24-18(4,5)6/h15,21H,11-14H2,1-10H3. The molecule has 1 aliphatic rings. The Bertz CT molecular complexity index is 442. The van der Waals surface area contributed by atoms with E-state index < -0.39 is 5.60 Å². The van der Waals surface area contributed by atoms with E-state index in [4.69, 9.17) is 4.74 Å². The number of carbonyl (C=O) groups excluding carboxylic acids is 1. The lowest BCUT2D eigenvalue weighted by atomic mass is 9.75. The molecule has 4 nitrogen and oxygen atoms in total. The fraction of sp³-hybridized carbons (Fsp3) is 0.950. The molecule has 0 radical (unpaired) electrons. The molecule has 1 fully saturated rings. The van der Waals surface area contributed by atoms with Crippen LogP contribution in [0.1, 0.15) is 82.1 Å². The summed E-state index contributed by atoms with van der Waals surface area (Å²) in [6.07, 6.45) is 1.88. The quantitative estimate of drug-likeness (QED) is 0.800. The zero-order valence-corrected chi connectivity index (χ0v) is 17.7. The van der Waals surface area contributed by atoms with Crippen LogP contribution >= 0.6 is 0 Å². The van der Waals surface area contributed by atoms with E-state index in [0.29, 0.717) is 6.04 Å². The first kappa shape index (κ1) is 21.3. The van der Waals surface area contributed by atoms with Crippen LogP contribution in [0.4, 0.5) is 4.79 Å². The molecule has 0 saturated carbocycles. The number of hydrogen-bond donors (Lipinski definition) is 1. The van der Waals surface area contributed by atoms with Crippen molar-refractivity contribution in [1.82, 2.24) is 10.2 Å². The summed E-state index contributed by atoms with van der Waals surface area (Å²) >= 11 is 0. The first-order valence-corrected chi connectivity index (χ1v) is 9.26. The predicted octanol–water partition coefficient (Wildman–Crippen LogP) is 4.83. The van der Waals surface area contributed by atoms with Gasteiger partial charge < -0.3 is 15.0 Å². The lowest BCUT2D eigenvalue weighted by Gasteiger charge is -2.48. The second kappa shape index (κ2) is 6.86. The van der Waals surface area contributed by atoms with Crippen molar-refractivity contribution in [3.05, 3.63) is 0 Å². The minimum atomic E-state index is -0.439. The topological polar surface area (TPSA) is 41.6 Å². The van der Waals surface area contributed by atoms with Crippen LogP contribution in [0.3, 0.4) is 0 Å². The van der Waals surface area contributed by atoms with Gasteiger partial charge in [-0.1, -0.05) is 34.6 Å². The van der Waals surface area contributed by atoms with Crippen LogP contribution in [-0.2, 0) is 4.74 Å². The van der Waals surface area contributed by atoms with E-state index in [1.165, 1.54) is 0 Å². The fourth-order valence-corrected chi connectivity index (χ4v) is 3.96. The highest BCUT2D eigenvalue weighted by molar-refractivity contribution is 5.68. The molecule has 0 aromatic carbocycles. The Morgan fingerprint density at radius 3 is 2.08 bits per heavy atom. The molecule has 0 aliphatic carbocycles. The number of rotatable bonds is 3. The highest BCUT2D eigenvalue weighted by atomic mass is 16.6. The van der Waals surface area contributed by atoms with Crippen molar-refractivity contribution >= 4 is 6.09 Å². The molecule has 1 aliphatic heterocycles. The third kappa shape index (κ3) is 7.00. The van der Waals surface area contributed by atoms with Crippen LogP contribution in [0, 0.1) is 10.8 Å². The monoisotopic (exact) mass is 340 g/mol. The Morgan fingerprint density at radius 2 is 1.67 bits per heavy atom. The minimum absolute atomic E-state index is 0.0182. The molecule has 1 rings (SSSR count). The van der Waals surface area contributed by atoms with E-state index in [1.807, 2.05) is 25.7 Å². The first-order valence-electron chi connectivity index (χ1n) is 9.26. The number of carbonyl (C=O) groups is 1. The highest BCUT2D eigenvalue weighted by Crippen LogP contribution is 2.34. The number of nitrogens with zero attached hydrogens (tertiary/aromatic N) is 1. The molecule has 1 amide bonds. The Kier molecular flexibility index (Phi) is 6.08. The average Bonchev–Trinajstić information content (AvgIpc) is 2.25. The van der Waals surface area contributed by atoms with Crippen molar-refractivity contribution < 1.29 is 9.53 Å². The van der Waals surface area contributed by atoms with Gasteiger partial charge >= 0.3 is 6.09 Å². The Labute approximate surface area is 149 Å². The summed E-state index contributed by atoms with van der Waals surface area (Å²) in [6, 6.07) is 0.397. The third-order valence-corrected chi connectivity index (χ3v) is 4.42. The molecule has 1 N–H and O–H groups in total. The zero-order chi connectivity index (χ0) is 19.0. The van der Waals surface area contributed by atoms with Crippen LogP contribution in [0.2, 0.25) is 0 Å². The SMILES string of the molecule is CC(C)(C)CC(C)(C)NC1CCN(C(=O)OC(C)(C)C)CC1(C)C. The smallest absolute Gasteiger partial charge is 0.410 e. The van der Waals surface area contributed by atoms with Crippen LogP contribution in [-0.4, -0.2) is 41.3 Å². The number of likely N-dealkylation sites (tertiary alicyclic amines) is 1. The van der Waals surface area contributed by atoms with Gasteiger partial charge in [-0.25, -0.2) is 4.79 Å². The largest absolute Gasteiger partial charge is 0.444 e. The van der Waals surface area contributed by atoms with E-state index in [1.54, 1.807) is 0 Å². The normalized spacial score (nSPS) is 22.4. The third-order valence-electron chi connectivity index (χ3n) is 4.42. The minimum Gasteiger partial charge on any atom is -0.444 e. The van der Waals surface area contributed by atoms with E-state index in [2.05, 4.69) is 53.8 Å². The molecule has 1 heterocycles. The number of nitrogens with one attached hydrogen (secondary N) is 1. The zero-order valence-electron chi connectivity index (χ0n) is 17.7. The Hall–Kier alpha value is -0.770. The molecule has 142 valence electrons. The summed E-state index contributed by atoms with van der Waals surface area (Å²) < 4.78 is 5.54. The van der Waals surface area contributed by atoms with Crippen molar-refractivity contribution in [2.75, 3.05) is 13.1 Å². The van der Waals surface area contributed by atoms with Crippen molar-refractivity contribution in [2.24, 2.45) is 10.8 Å². The molecule has 0 spiro atoms. The molecule has 0 aromatic rings. The first-order chi connectivity index (χ1) is 10.5. The molecule has 0 aromatic heterocycles. The lowest BCUT2D eigenvalue weighted by Crippen LogP contribution is -2.60. The van der Waals surface area contributed by atoms with Crippen LogP contribution in [0.15, 0.2) is 0 Å². The number of hydrogen-bond acceptors (Lipinski definition) is 3. The predicted molar refractivity (Wildman–Crippen MR) is 101 cm³/mol. The summed E-state index contributed by atoms with van der Waals surface area (Å²) in [5.41, 5.74) is -0.0541. The van der Waals surface area contributed by atoms with Gasteiger partial charge in [0.05, 0.1) is 0 Å². The van der Waals surface area contributed by atoms with Crippen LogP contribution in [0.5, 0.6) is 0 Å². The number of amides is 1. The Morgan fingerprint density at radius 1 is 1.12 bits per heavy atom. The molecule has 1 atom stereocenters. The molecule has 4 heteroatoms. The van der Waals surface area contributed by atoms with Gasteiger partial charge in [0.2, 0.25) is 0 Å². The molecule has 1 saturated heterocycles. The van der Waals surface area contributed by atoms with Crippen molar-refractivity contribution in [2.45, 2.75) is 99.3 Å². The van der Waals surface area contributed by atoms with Crippen molar-refractivity contribution in [3.8, 4) is 0 Å². The van der Waals surface area contributed by atoms with Gasteiger partial charge in [0.25, 0.3) is 0 Å². The fourth-order valence-electron chi connectivity index (χ4n) is 3.96. The summed E-state index contributed by atoms with van der Waals surface area (Å²) in [5.74, 6) is 0. The molecular formula is C20H40N2O2. The van der Waals surface area contributed by atoms with E-state index in [-0.39, 0.29) is 22.5 Å². The number of piperidine rings is 1. The van der Waals surface area contributed by atoms with Gasteiger partial charge in [-0.2, -0.15) is 0 Å². The van der Waals surface area contributed by atoms with E-state index >= 15 is 0 Å². The van der Waals surface area contributed by atoms with E-state index in [0.717, 1.165) is 25.9 Å². The summed E-state index contributed by atoms with van der Waals surface area (Å²) in [5, 5.41) is 3.87. The summed E-state index contributed by atoms with van der Waals surface area (Å²) in [7, 11) is 0. The lowest BCUT2D eigenvalue weighted by molar-refractivity contribution is -0.00140. The van der Waals surface area contributed by atoms with Gasteiger partial charge in [-0.3, -0.25) is 0 Å². The van der Waals surface area contributed by atoms with Gasteiger partial charge in [-0.05, 0) is 58.3 Å². The second-order valence-electron chi connectivity index (χ2n) is 11.0. The van der Waals surface area contributed by atoms with Gasteiger partial charge in [0.15, 0.2) is 0 Å². The maximum atomic E-state index is 12.4. The van der Waals surface area contributed by atoms with E-state index in [9.17, 15) is 4.79 Å². The second-order valence-corrected chi connectivity index (χ2v) is 11.0. The average molecular weight is 341 g/mol. The molecule has 1 unspecified atom stereocenters. The summed E-state index contributed by atoms with van der Waals surface area (Å²) in [4.78, 5) is 14.2. The van der Waals surface area contributed by atoms with Gasteiger partial charge in [0.1, 0.15) is 5.60 Å². The van der Waals surface area contributed by atoms with Crippen LogP contribution < -0.4 is 5.32 Å². The molecule has 24 heavy (non-hydrogen) atoms. The Balaban J connectivity index is 2.72. The number of ether oxygens (including phenoxy) is 1.